The Bertz CT molecular complexity index is 532. The highest BCUT2D eigenvalue weighted by Gasteiger charge is 2.34. The molecule has 4 heteroatoms. The van der Waals surface area contributed by atoms with E-state index < -0.39 is 0 Å². The van der Waals surface area contributed by atoms with Crippen molar-refractivity contribution in [1.29, 1.82) is 0 Å². The van der Waals surface area contributed by atoms with Gasteiger partial charge in [-0.15, -0.1) is 0 Å². The van der Waals surface area contributed by atoms with Crippen LogP contribution in [0.1, 0.15) is 52.6 Å². The van der Waals surface area contributed by atoms with Crippen LogP contribution in [0.25, 0.3) is 0 Å². The number of rotatable bonds is 8. The van der Waals surface area contributed by atoms with Crippen molar-refractivity contribution < 1.29 is 9.53 Å². The highest BCUT2D eigenvalue weighted by atomic mass is 16.5. The molecule has 1 heterocycles. The van der Waals surface area contributed by atoms with E-state index in [0.29, 0.717) is 18.6 Å². The maximum Gasteiger partial charge on any atom is 0.251 e. The van der Waals surface area contributed by atoms with Crippen LogP contribution in [0.5, 0.6) is 0 Å². The molecular formula is C21H34N2O2. The van der Waals surface area contributed by atoms with Crippen LogP contribution >= 0.6 is 0 Å². The molecule has 4 nitrogen and oxygen atoms in total. The number of carbonyl (C=O) groups excluding carboxylic acids is 1. The molecule has 2 rings (SSSR count). The lowest BCUT2D eigenvalue weighted by molar-refractivity contribution is -0.145. The Balaban J connectivity index is 1.95. The zero-order chi connectivity index (χ0) is 18.4. The van der Waals surface area contributed by atoms with Gasteiger partial charge in [-0.25, -0.2) is 0 Å². The van der Waals surface area contributed by atoms with Gasteiger partial charge in [-0.2, -0.15) is 0 Å². The maximum atomic E-state index is 12.8. The van der Waals surface area contributed by atoms with Crippen LogP contribution in [0.15, 0.2) is 30.3 Å². The summed E-state index contributed by atoms with van der Waals surface area (Å²) in [5, 5.41) is 0. The fourth-order valence-corrected chi connectivity index (χ4v) is 3.55. The number of likely N-dealkylation sites (N-methyl/N-ethyl adjacent to an activating group) is 1. The van der Waals surface area contributed by atoms with Gasteiger partial charge < -0.3 is 9.64 Å². The first kappa shape index (κ1) is 19.9. The predicted molar refractivity (Wildman–Crippen MR) is 102 cm³/mol. The summed E-state index contributed by atoms with van der Waals surface area (Å²) in [7, 11) is 0. The lowest BCUT2D eigenvalue weighted by Gasteiger charge is -2.31. The Morgan fingerprint density at radius 2 is 1.92 bits per heavy atom. The van der Waals surface area contributed by atoms with Gasteiger partial charge in [0.15, 0.2) is 0 Å². The molecule has 0 bridgehead atoms. The zero-order valence-corrected chi connectivity index (χ0v) is 16.4. The van der Waals surface area contributed by atoms with E-state index >= 15 is 0 Å². The summed E-state index contributed by atoms with van der Waals surface area (Å²) in [5.74, 6) is 0.571. The number of benzene rings is 1. The lowest BCUT2D eigenvalue weighted by atomic mass is 10.1. The minimum absolute atomic E-state index is 0.127. The minimum Gasteiger partial charge on any atom is -0.368 e. The molecule has 0 saturated carbocycles. The highest BCUT2D eigenvalue weighted by molar-refractivity contribution is 5.80. The third-order valence-electron chi connectivity index (χ3n) is 5.12. The smallest absolute Gasteiger partial charge is 0.251 e. The van der Waals surface area contributed by atoms with E-state index in [-0.39, 0.29) is 18.1 Å². The molecule has 140 valence electrons. The molecule has 0 spiro atoms. The summed E-state index contributed by atoms with van der Waals surface area (Å²) in [6, 6.07) is 11.3. The number of hydrogen-bond donors (Lipinski definition) is 0. The van der Waals surface area contributed by atoms with Crippen molar-refractivity contribution in [1.82, 2.24) is 9.80 Å². The molecule has 1 aliphatic heterocycles. The first-order chi connectivity index (χ1) is 11.9. The number of amides is 1. The Hall–Kier alpha value is -1.39. The van der Waals surface area contributed by atoms with E-state index in [9.17, 15) is 4.79 Å². The maximum absolute atomic E-state index is 12.8. The van der Waals surface area contributed by atoms with Gasteiger partial charge >= 0.3 is 0 Å². The molecule has 1 aliphatic rings. The molecule has 1 amide bonds. The van der Waals surface area contributed by atoms with E-state index in [0.717, 1.165) is 26.1 Å². The molecule has 3 unspecified atom stereocenters. The normalized spacial score (nSPS) is 20.6. The highest BCUT2D eigenvalue weighted by Crippen LogP contribution is 2.27. The van der Waals surface area contributed by atoms with Crippen LogP contribution in [0.3, 0.4) is 0 Å². The van der Waals surface area contributed by atoms with Gasteiger partial charge in [0.2, 0.25) is 0 Å². The summed E-state index contributed by atoms with van der Waals surface area (Å²) >= 11 is 0. The predicted octanol–water partition coefficient (Wildman–Crippen LogP) is 3.73. The number of carbonyl (C=O) groups is 1. The fourth-order valence-electron chi connectivity index (χ4n) is 3.55. The molecule has 0 aromatic heterocycles. The molecule has 25 heavy (non-hydrogen) atoms. The van der Waals surface area contributed by atoms with Gasteiger partial charge in [-0.05, 0) is 38.7 Å². The zero-order valence-electron chi connectivity index (χ0n) is 16.4. The van der Waals surface area contributed by atoms with Gasteiger partial charge in [0.05, 0.1) is 0 Å². The van der Waals surface area contributed by atoms with Crippen LogP contribution in [0.4, 0.5) is 0 Å². The van der Waals surface area contributed by atoms with E-state index in [4.69, 9.17) is 4.74 Å². The molecule has 0 aliphatic carbocycles. The second-order valence-electron chi connectivity index (χ2n) is 7.52. The van der Waals surface area contributed by atoms with E-state index in [1.165, 1.54) is 5.56 Å². The largest absolute Gasteiger partial charge is 0.368 e. The van der Waals surface area contributed by atoms with Gasteiger partial charge in [0, 0.05) is 38.3 Å². The Labute approximate surface area is 153 Å². The summed E-state index contributed by atoms with van der Waals surface area (Å²) in [6.07, 6.45) is 0.677. The quantitative estimate of drug-likeness (QED) is 0.719. The van der Waals surface area contributed by atoms with Crippen molar-refractivity contribution in [2.24, 2.45) is 5.92 Å². The van der Waals surface area contributed by atoms with E-state index in [2.05, 4.69) is 62.9 Å². The topological polar surface area (TPSA) is 32.8 Å². The summed E-state index contributed by atoms with van der Waals surface area (Å²) in [6.45, 7) is 13.8. The minimum atomic E-state index is -0.358. The Morgan fingerprint density at radius 3 is 2.52 bits per heavy atom. The number of likely N-dealkylation sites (tertiary alicyclic amines) is 1. The summed E-state index contributed by atoms with van der Waals surface area (Å²) in [4.78, 5) is 17.3. The summed E-state index contributed by atoms with van der Waals surface area (Å²) in [5.41, 5.74) is 1.34. The number of hydrogen-bond acceptors (Lipinski definition) is 3. The van der Waals surface area contributed by atoms with E-state index in [1.54, 1.807) is 0 Å². The Morgan fingerprint density at radius 1 is 1.24 bits per heavy atom. The van der Waals surface area contributed by atoms with Gasteiger partial charge in [-0.1, -0.05) is 44.2 Å². The Kier molecular flexibility index (Phi) is 7.45. The van der Waals surface area contributed by atoms with Crippen molar-refractivity contribution in [2.45, 2.75) is 59.2 Å². The van der Waals surface area contributed by atoms with Crippen LogP contribution in [0.2, 0.25) is 0 Å². The monoisotopic (exact) mass is 346 g/mol. The van der Waals surface area contributed by atoms with Crippen LogP contribution in [-0.2, 0) is 9.53 Å². The standard InChI is InChI=1S/C21H34N2O2/c1-6-23(21(24)18(5)25-15-16(2)3)20-12-13-22(14-20)17(4)19-10-8-7-9-11-19/h7-11,16-18,20H,6,12-15H2,1-5H3. The van der Waals surface area contributed by atoms with Crippen LogP contribution < -0.4 is 0 Å². The van der Waals surface area contributed by atoms with Crippen molar-refractivity contribution in [3.05, 3.63) is 35.9 Å². The second-order valence-corrected chi connectivity index (χ2v) is 7.52. The molecule has 0 N–H and O–H groups in total. The molecular weight excluding hydrogens is 312 g/mol. The van der Waals surface area contributed by atoms with Gasteiger partial charge in [0.25, 0.3) is 5.91 Å². The van der Waals surface area contributed by atoms with E-state index in [1.807, 2.05) is 11.8 Å². The van der Waals surface area contributed by atoms with Crippen LogP contribution in [-0.4, -0.2) is 54.1 Å². The average Bonchev–Trinajstić information content (AvgIpc) is 3.10. The molecule has 0 radical (unpaired) electrons. The molecule has 1 fully saturated rings. The van der Waals surface area contributed by atoms with Crippen molar-refractivity contribution in [2.75, 3.05) is 26.2 Å². The number of ether oxygens (including phenoxy) is 1. The van der Waals surface area contributed by atoms with Crippen LogP contribution in [0, 0.1) is 5.92 Å². The van der Waals surface area contributed by atoms with Gasteiger partial charge in [0.1, 0.15) is 6.10 Å². The third-order valence-corrected chi connectivity index (χ3v) is 5.12. The lowest BCUT2D eigenvalue weighted by Crippen LogP contribution is -2.46. The van der Waals surface area contributed by atoms with Crippen molar-refractivity contribution in [3.63, 3.8) is 0 Å². The molecule has 1 saturated heterocycles. The summed E-state index contributed by atoms with van der Waals surface area (Å²) < 4.78 is 5.75. The fraction of sp³-hybridized carbons (Fsp3) is 0.667. The second kappa shape index (κ2) is 9.35. The van der Waals surface area contributed by atoms with Crippen molar-refractivity contribution in [3.8, 4) is 0 Å². The molecule has 3 atom stereocenters. The average molecular weight is 347 g/mol. The van der Waals surface area contributed by atoms with Gasteiger partial charge in [-0.3, -0.25) is 9.69 Å². The molecule has 1 aromatic rings. The first-order valence-electron chi connectivity index (χ1n) is 9.65. The first-order valence-corrected chi connectivity index (χ1v) is 9.65. The third kappa shape index (κ3) is 5.29. The van der Waals surface area contributed by atoms with Crippen molar-refractivity contribution >= 4 is 5.91 Å². The number of nitrogens with zero attached hydrogens (tertiary/aromatic N) is 2. The SMILES string of the molecule is CCN(C(=O)C(C)OCC(C)C)C1CCN(C(C)c2ccccc2)C1. The molecule has 1 aromatic carbocycles.